The minimum atomic E-state index is 0.0292. The first kappa shape index (κ1) is 16.4. The number of halogens is 1. The topological polar surface area (TPSA) is 81.8 Å². The van der Waals surface area contributed by atoms with Crippen LogP contribution in [0.1, 0.15) is 19.4 Å². The highest BCUT2D eigenvalue weighted by Crippen LogP contribution is 2.33. The second kappa shape index (κ2) is 7.33. The monoisotopic (exact) mass is 340 g/mol. The van der Waals surface area contributed by atoms with Crippen LogP contribution < -0.4 is 20.6 Å². The van der Waals surface area contributed by atoms with E-state index in [0.717, 1.165) is 0 Å². The molecule has 0 radical (unpaired) electrons. The molecule has 0 saturated carbocycles. The van der Waals surface area contributed by atoms with Crippen molar-refractivity contribution in [1.82, 2.24) is 4.98 Å². The Labute approximate surface area is 137 Å². The lowest BCUT2D eigenvalue weighted by atomic mass is 10.2. The van der Waals surface area contributed by atoms with Crippen LogP contribution in [0.4, 0.5) is 10.9 Å². The van der Waals surface area contributed by atoms with Crippen molar-refractivity contribution in [1.29, 1.82) is 0 Å². The van der Waals surface area contributed by atoms with E-state index in [1.165, 1.54) is 11.3 Å². The summed E-state index contributed by atoms with van der Waals surface area (Å²) in [4.78, 5) is 4.04. The van der Waals surface area contributed by atoms with Crippen molar-refractivity contribution < 1.29 is 9.47 Å². The molecule has 118 valence electrons. The normalized spacial score (nSPS) is 11.1. The highest BCUT2D eigenvalue weighted by atomic mass is 35.5. The Hall–Kier alpha value is -1.99. The zero-order valence-corrected chi connectivity index (χ0v) is 14.0. The quantitative estimate of drug-likeness (QED) is 0.620. The maximum Gasteiger partial charge on any atom is 0.205 e. The molecule has 1 heterocycles. The minimum Gasteiger partial charge on any atom is -0.493 e. The van der Waals surface area contributed by atoms with Crippen molar-refractivity contribution in [3.05, 3.63) is 28.1 Å². The summed E-state index contributed by atoms with van der Waals surface area (Å²) in [6.07, 6.45) is 1.61. The molecule has 8 heteroatoms. The van der Waals surface area contributed by atoms with E-state index < -0.39 is 0 Å². The summed E-state index contributed by atoms with van der Waals surface area (Å²) >= 11 is 7.61. The molecule has 22 heavy (non-hydrogen) atoms. The summed E-state index contributed by atoms with van der Waals surface area (Å²) in [7, 11) is 1.58. The Balaban J connectivity index is 2.16. The molecule has 0 bridgehead atoms. The second-order valence-electron chi connectivity index (χ2n) is 4.64. The van der Waals surface area contributed by atoms with Crippen LogP contribution in [0, 0.1) is 0 Å². The van der Waals surface area contributed by atoms with Gasteiger partial charge in [-0.25, -0.2) is 4.98 Å². The molecule has 6 nitrogen and oxygen atoms in total. The van der Waals surface area contributed by atoms with Gasteiger partial charge in [0, 0.05) is 17.0 Å². The average Bonchev–Trinajstić information content (AvgIpc) is 2.86. The van der Waals surface area contributed by atoms with E-state index in [1.807, 2.05) is 13.8 Å². The van der Waals surface area contributed by atoms with Crippen LogP contribution in [0.5, 0.6) is 11.5 Å². The summed E-state index contributed by atoms with van der Waals surface area (Å²) in [6, 6.07) is 3.48. The third-order valence-corrected chi connectivity index (χ3v) is 3.62. The van der Waals surface area contributed by atoms with E-state index >= 15 is 0 Å². The van der Waals surface area contributed by atoms with Gasteiger partial charge in [-0.3, -0.25) is 5.43 Å². The molecule has 1 aromatic heterocycles. The molecule has 3 N–H and O–H groups in total. The van der Waals surface area contributed by atoms with Crippen LogP contribution >= 0.6 is 22.9 Å². The first-order chi connectivity index (χ1) is 10.5. The fraction of sp³-hybridized carbons (Fsp3) is 0.286. The van der Waals surface area contributed by atoms with E-state index in [2.05, 4.69) is 15.5 Å². The fourth-order valence-electron chi connectivity index (χ4n) is 1.65. The number of nitrogens with two attached hydrogens (primary N) is 1. The maximum atomic E-state index is 6.24. The van der Waals surface area contributed by atoms with Crippen LogP contribution in [0.25, 0.3) is 0 Å². The van der Waals surface area contributed by atoms with Gasteiger partial charge in [-0.2, -0.15) is 5.10 Å². The van der Waals surface area contributed by atoms with Crippen molar-refractivity contribution in [3.63, 3.8) is 0 Å². The fourth-order valence-corrected chi connectivity index (χ4v) is 2.40. The molecule has 2 aromatic rings. The molecular weight excluding hydrogens is 324 g/mol. The lowest BCUT2D eigenvalue weighted by molar-refractivity contribution is 0.230. The average molecular weight is 341 g/mol. The number of hydrogen-bond acceptors (Lipinski definition) is 7. The molecule has 0 spiro atoms. The number of methoxy groups -OCH3 is 1. The maximum absolute atomic E-state index is 6.24. The first-order valence-corrected chi connectivity index (χ1v) is 7.79. The highest BCUT2D eigenvalue weighted by molar-refractivity contribution is 7.14. The molecule has 0 atom stereocenters. The van der Waals surface area contributed by atoms with Crippen molar-refractivity contribution in [2.45, 2.75) is 20.0 Å². The van der Waals surface area contributed by atoms with Crippen LogP contribution in [-0.2, 0) is 0 Å². The smallest absolute Gasteiger partial charge is 0.205 e. The third-order valence-electron chi connectivity index (χ3n) is 2.53. The number of thiazole rings is 1. The van der Waals surface area contributed by atoms with Gasteiger partial charge < -0.3 is 15.2 Å². The van der Waals surface area contributed by atoms with Gasteiger partial charge >= 0.3 is 0 Å². The Kier molecular flexibility index (Phi) is 5.46. The summed E-state index contributed by atoms with van der Waals surface area (Å²) < 4.78 is 11.0. The molecule has 2 rings (SSSR count). The number of hydrazone groups is 1. The number of ether oxygens (including phenoxy) is 2. The summed E-state index contributed by atoms with van der Waals surface area (Å²) in [5.74, 6) is 1.65. The van der Waals surface area contributed by atoms with Crippen LogP contribution in [-0.4, -0.2) is 24.4 Å². The van der Waals surface area contributed by atoms with Crippen LogP contribution in [0.2, 0.25) is 5.02 Å². The summed E-state index contributed by atoms with van der Waals surface area (Å²) in [5.41, 5.74) is 9.03. The van der Waals surface area contributed by atoms with E-state index in [0.29, 0.717) is 33.0 Å². The van der Waals surface area contributed by atoms with E-state index in [1.54, 1.807) is 30.8 Å². The number of rotatable bonds is 6. The summed E-state index contributed by atoms with van der Waals surface area (Å²) in [5, 5.41) is 6.94. The second-order valence-corrected chi connectivity index (χ2v) is 5.90. The Morgan fingerprint density at radius 2 is 2.18 bits per heavy atom. The lowest BCUT2D eigenvalue weighted by Gasteiger charge is -2.14. The lowest BCUT2D eigenvalue weighted by Crippen LogP contribution is -2.07. The number of anilines is 2. The van der Waals surface area contributed by atoms with Gasteiger partial charge in [-0.05, 0) is 19.9 Å². The van der Waals surface area contributed by atoms with Crippen molar-refractivity contribution in [3.8, 4) is 11.5 Å². The molecule has 0 amide bonds. The van der Waals surface area contributed by atoms with Crippen LogP contribution in [0.15, 0.2) is 22.6 Å². The Morgan fingerprint density at radius 1 is 1.41 bits per heavy atom. The predicted molar refractivity (Wildman–Crippen MR) is 91.5 cm³/mol. The molecule has 0 aliphatic rings. The van der Waals surface area contributed by atoms with Gasteiger partial charge in [0.15, 0.2) is 11.5 Å². The minimum absolute atomic E-state index is 0.0292. The Bertz CT molecular complexity index is 673. The third kappa shape index (κ3) is 4.25. The number of benzene rings is 1. The Morgan fingerprint density at radius 3 is 2.77 bits per heavy atom. The van der Waals surface area contributed by atoms with Gasteiger partial charge in [0.1, 0.15) is 5.82 Å². The molecule has 0 aliphatic heterocycles. The van der Waals surface area contributed by atoms with Crippen molar-refractivity contribution >= 4 is 40.1 Å². The van der Waals surface area contributed by atoms with Gasteiger partial charge in [0.25, 0.3) is 0 Å². The zero-order valence-electron chi connectivity index (χ0n) is 12.5. The van der Waals surface area contributed by atoms with E-state index in [-0.39, 0.29) is 6.10 Å². The SMILES string of the molecule is COc1cc(C=NNc2nc(N)cs2)c(Cl)cc1OC(C)C. The number of nitrogens with one attached hydrogen (secondary N) is 1. The van der Waals surface area contributed by atoms with Crippen molar-refractivity contribution in [2.75, 3.05) is 18.3 Å². The standard InChI is InChI=1S/C14H17ClN4O2S/c1-8(2)21-12-5-10(15)9(4-11(12)20-3)6-17-19-14-18-13(16)7-22-14/h4-8H,16H2,1-3H3,(H,18,19). The number of aromatic nitrogens is 1. The van der Waals surface area contributed by atoms with Gasteiger partial charge in [-0.1, -0.05) is 11.6 Å². The van der Waals surface area contributed by atoms with Crippen LogP contribution in [0.3, 0.4) is 0 Å². The molecule has 0 fully saturated rings. The molecule has 0 unspecified atom stereocenters. The number of nitrogens with zero attached hydrogens (tertiary/aromatic N) is 2. The van der Waals surface area contributed by atoms with Gasteiger partial charge in [0.05, 0.1) is 24.5 Å². The molecule has 0 saturated heterocycles. The number of nitrogen functional groups attached to an aromatic ring is 1. The van der Waals surface area contributed by atoms with E-state index in [4.69, 9.17) is 26.8 Å². The first-order valence-electron chi connectivity index (χ1n) is 6.54. The van der Waals surface area contributed by atoms with E-state index in [9.17, 15) is 0 Å². The highest BCUT2D eigenvalue weighted by Gasteiger charge is 2.11. The number of hydrogen-bond donors (Lipinski definition) is 2. The van der Waals surface area contributed by atoms with Gasteiger partial charge in [0.2, 0.25) is 5.13 Å². The van der Waals surface area contributed by atoms with Gasteiger partial charge in [-0.15, -0.1) is 11.3 Å². The summed E-state index contributed by atoms with van der Waals surface area (Å²) in [6.45, 7) is 3.87. The molecule has 1 aromatic carbocycles. The van der Waals surface area contributed by atoms with Crippen molar-refractivity contribution in [2.24, 2.45) is 5.10 Å². The zero-order chi connectivity index (χ0) is 16.1. The largest absolute Gasteiger partial charge is 0.493 e. The molecular formula is C14H17ClN4O2S. The molecule has 0 aliphatic carbocycles. The predicted octanol–water partition coefficient (Wildman–Crippen LogP) is 3.62.